The monoisotopic (exact) mass is 207 g/mol. The maximum Gasteiger partial charge on any atom is 0.0320 e. The normalized spacial score (nSPS) is 12.9. The number of rotatable bonds is 4. The molecular weight excluding hydrogens is 190 g/mol. The highest BCUT2D eigenvalue weighted by atomic mass is 32.1. The lowest BCUT2D eigenvalue weighted by Gasteiger charge is -2.24. The van der Waals surface area contributed by atoms with Gasteiger partial charge in [0.05, 0.1) is 0 Å². The number of thiol groups is 1. The van der Waals surface area contributed by atoms with Crippen LogP contribution in [0.5, 0.6) is 0 Å². The second-order valence-corrected chi connectivity index (χ2v) is 4.20. The van der Waals surface area contributed by atoms with Crippen LogP contribution < -0.4 is 0 Å². The zero-order valence-corrected chi connectivity index (χ0v) is 9.67. The first-order valence-electron chi connectivity index (χ1n) is 4.73. The Morgan fingerprint density at radius 2 is 2.00 bits per heavy atom. The summed E-state index contributed by atoms with van der Waals surface area (Å²) in [5, 5.41) is 0. The molecule has 0 spiro atoms. The molecule has 2 heteroatoms. The Kier molecular flexibility index (Phi) is 4.23. The number of hydrogen-bond acceptors (Lipinski definition) is 2. The minimum atomic E-state index is 0.403. The summed E-state index contributed by atoms with van der Waals surface area (Å²) in [5.41, 5.74) is 1.32. The lowest BCUT2D eigenvalue weighted by Crippen LogP contribution is -2.23. The van der Waals surface area contributed by atoms with E-state index in [4.69, 9.17) is 0 Å². The Bertz CT molecular complexity index is 294. The smallest absolute Gasteiger partial charge is 0.0320 e. The first-order chi connectivity index (χ1) is 6.61. The fraction of sp³-hybridized carbons (Fsp3) is 0.333. The van der Waals surface area contributed by atoms with Gasteiger partial charge in [0.2, 0.25) is 0 Å². The zero-order chi connectivity index (χ0) is 10.6. The van der Waals surface area contributed by atoms with Crippen molar-refractivity contribution in [2.75, 3.05) is 13.6 Å². The van der Waals surface area contributed by atoms with E-state index in [2.05, 4.69) is 62.3 Å². The molecule has 1 rings (SSSR count). The molecule has 0 heterocycles. The summed E-state index contributed by atoms with van der Waals surface area (Å²) in [5.74, 6) is 0. The third-order valence-electron chi connectivity index (χ3n) is 2.38. The Morgan fingerprint density at radius 1 is 1.43 bits per heavy atom. The van der Waals surface area contributed by atoms with Gasteiger partial charge < -0.3 is 0 Å². The summed E-state index contributed by atoms with van der Waals surface area (Å²) >= 11 is 4.21. The van der Waals surface area contributed by atoms with Gasteiger partial charge in [-0.1, -0.05) is 36.9 Å². The van der Waals surface area contributed by atoms with Crippen LogP contribution in [-0.2, 0) is 0 Å². The van der Waals surface area contributed by atoms with E-state index in [9.17, 15) is 0 Å². The van der Waals surface area contributed by atoms with Crippen molar-refractivity contribution in [2.24, 2.45) is 0 Å². The molecular formula is C12H17NS. The van der Waals surface area contributed by atoms with Gasteiger partial charge in [-0.25, -0.2) is 0 Å². The van der Waals surface area contributed by atoms with Gasteiger partial charge in [-0.15, -0.1) is 12.6 Å². The van der Waals surface area contributed by atoms with E-state index in [1.54, 1.807) is 0 Å². The van der Waals surface area contributed by atoms with Crippen molar-refractivity contribution in [2.45, 2.75) is 13.0 Å². The Balaban J connectivity index is 2.65. The summed E-state index contributed by atoms with van der Waals surface area (Å²) in [6.07, 6.45) is 0. The maximum atomic E-state index is 4.21. The lowest BCUT2D eigenvalue weighted by molar-refractivity contribution is 0.288. The Hall–Kier alpha value is -0.730. The minimum Gasteiger partial charge on any atom is -0.295 e. The molecule has 1 unspecified atom stereocenters. The van der Waals surface area contributed by atoms with E-state index in [1.807, 2.05) is 6.07 Å². The molecule has 0 radical (unpaired) electrons. The van der Waals surface area contributed by atoms with E-state index in [0.29, 0.717) is 6.04 Å². The predicted octanol–water partition coefficient (Wildman–Crippen LogP) is 3.12. The Labute approximate surface area is 91.8 Å². The summed E-state index contributed by atoms with van der Waals surface area (Å²) in [4.78, 5) is 3.13. The van der Waals surface area contributed by atoms with Gasteiger partial charge >= 0.3 is 0 Å². The first kappa shape index (κ1) is 11.3. The van der Waals surface area contributed by atoms with Crippen LogP contribution in [-0.4, -0.2) is 18.5 Å². The third-order valence-corrected chi connectivity index (χ3v) is 2.52. The van der Waals surface area contributed by atoms with Gasteiger partial charge in [0.15, 0.2) is 0 Å². The zero-order valence-electron chi connectivity index (χ0n) is 8.77. The summed E-state index contributed by atoms with van der Waals surface area (Å²) in [6.45, 7) is 6.80. The molecule has 14 heavy (non-hydrogen) atoms. The van der Waals surface area contributed by atoms with Crippen molar-refractivity contribution in [3.63, 3.8) is 0 Å². The fourth-order valence-corrected chi connectivity index (χ4v) is 1.63. The molecule has 0 N–H and O–H groups in total. The molecule has 76 valence electrons. The summed E-state index contributed by atoms with van der Waals surface area (Å²) in [7, 11) is 2.08. The van der Waals surface area contributed by atoms with E-state index in [-0.39, 0.29) is 0 Å². The summed E-state index contributed by atoms with van der Waals surface area (Å²) < 4.78 is 0. The van der Waals surface area contributed by atoms with Crippen LogP contribution in [0.1, 0.15) is 18.5 Å². The molecule has 0 aliphatic rings. The van der Waals surface area contributed by atoms with Gasteiger partial charge in [-0.3, -0.25) is 4.90 Å². The molecule has 0 aromatic heterocycles. The number of nitrogens with zero attached hydrogens (tertiary/aromatic N) is 1. The van der Waals surface area contributed by atoms with E-state index >= 15 is 0 Å². The fourth-order valence-electron chi connectivity index (χ4n) is 1.41. The van der Waals surface area contributed by atoms with Crippen molar-refractivity contribution < 1.29 is 0 Å². The average Bonchev–Trinajstić information content (AvgIpc) is 2.17. The largest absolute Gasteiger partial charge is 0.295 e. The van der Waals surface area contributed by atoms with Crippen molar-refractivity contribution in [3.05, 3.63) is 47.4 Å². The molecule has 0 bridgehead atoms. The van der Waals surface area contributed by atoms with Gasteiger partial charge in [-0.05, 0) is 24.4 Å². The van der Waals surface area contributed by atoms with Crippen LogP contribution in [0.15, 0.2) is 41.8 Å². The molecule has 0 saturated carbocycles. The third kappa shape index (κ3) is 3.20. The molecule has 1 aromatic carbocycles. The van der Waals surface area contributed by atoms with Gasteiger partial charge in [0.25, 0.3) is 0 Å². The van der Waals surface area contributed by atoms with E-state index < -0.39 is 0 Å². The SMILES string of the molecule is C=C(S)CN(C)C(C)c1ccccc1. The second kappa shape index (κ2) is 5.23. The van der Waals surface area contributed by atoms with Crippen LogP contribution >= 0.6 is 12.6 Å². The first-order valence-corrected chi connectivity index (χ1v) is 5.18. The molecule has 1 atom stereocenters. The van der Waals surface area contributed by atoms with Gasteiger partial charge in [-0.2, -0.15) is 0 Å². The minimum absolute atomic E-state index is 0.403. The number of benzene rings is 1. The lowest BCUT2D eigenvalue weighted by atomic mass is 10.1. The molecule has 0 saturated heterocycles. The molecule has 1 nitrogen and oxygen atoms in total. The van der Waals surface area contributed by atoms with Crippen LogP contribution in [0, 0.1) is 0 Å². The Morgan fingerprint density at radius 3 is 2.50 bits per heavy atom. The summed E-state index contributed by atoms with van der Waals surface area (Å²) in [6, 6.07) is 10.9. The van der Waals surface area contributed by atoms with Crippen molar-refractivity contribution in [3.8, 4) is 0 Å². The van der Waals surface area contributed by atoms with Crippen LogP contribution in [0.4, 0.5) is 0 Å². The molecule has 0 amide bonds. The highest BCUT2D eigenvalue weighted by Gasteiger charge is 2.10. The highest BCUT2D eigenvalue weighted by Crippen LogP contribution is 2.19. The highest BCUT2D eigenvalue weighted by molar-refractivity contribution is 7.84. The van der Waals surface area contributed by atoms with Crippen LogP contribution in [0.25, 0.3) is 0 Å². The van der Waals surface area contributed by atoms with Gasteiger partial charge in [0, 0.05) is 12.6 Å². The number of likely N-dealkylation sites (N-methyl/N-ethyl adjacent to an activating group) is 1. The van der Waals surface area contributed by atoms with E-state index in [1.165, 1.54) is 5.56 Å². The van der Waals surface area contributed by atoms with Crippen molar-refractivity contribution in [1.29, 1.82) is 0 Å². The quantitative estimate of drug-likeness (QED) is 0.742. The van der Waals surface area contributed by atoms with E-state index in [0.717, 1.165) is 11.4 Å². The van der Waals surface area contributed by atoms with Gasteiger partial charge in [0.1, 0.15) is 0 Å². The standard InChI is InChI=1S/C12H17NS/c1-10(14)9-13(3)11(2)12-7-5-4-6-8-12/h4-8,11,14H,1,9H2,2-3H3. The maximum absolute atomic E-state index is 4.21. The van der Waals surface area contributed by atoms with Crippen molar-refractivity contribution >= 4 is 12.6 Å². The second-order valence-electron chi connectivity index (χ2n) is 3.57. The average molecular weight is 207 g/mol. The van der Waals surface area contributed by atoms with Crippen LogP contribution in [0.2, 0.25) is 0 Å². The van der Waals surface area contributed by atoms with Crippen molar-refractivity contribution in [1.82, 2.24) is 4.90 Å². The molecule has 0 aliphatic carbocycles. The topological polar surface area (TPSA) is 3.24 Å². The molecule has 1 aromatic rings. The van der Waals surface area contributed by atoms with Crippen LogP contribution in [0.3, 0.4) is 0 Å². The number of hydrogen-bond donors (Lipinski definition) is 1. The molecule has 0 aliphatic heterocycles. The molecule has 0 fully saturated rings. The predicted molar refractivity (Wildman–Crippen MR) is 65.6 cm³/mol.